The zero-order chi connectivity index (χ0) is 19.5. The lowest BCUT2D eigenvalue weighted by molar-refractivity contribution is 0.192. The Kier molecular flexibility index (Phi) is 9.04. The predicted octanol–water partition coefficient (Wildman–Crippen LogP) is 2.26. The van der Waals surface area contributed by atoms with Gasteiger partial charge in [0, 0.05) is 70.3 Å². The maximum absolute atomic E-state index is 5.39. The van der Waals surface area contributed by atoms with Crippen LogP contribution < -0.4 is 25.0 Å². The van der Waals surface area contributed by atoms with E-state index in [1.54, 1.807) is 21.3 Å². The Bertz CT molecular complexity index is 572. The number of hydrogen-bond donors (Lipinski definition) is 2. The van der Waals surface area contributed by atoms with Crippen LogP contribution in [0.25, 0.3) is 0 Å². The molecule has 1 aromatic carbocycles. The van der Waals surface area contributed by atoms with Crippen LogP contribution in [0.3, 0.4) is 0 Å². The van der Waals surface area contributed by atoms with Gasteiger partial charge in [-0.25, -0.2) is 0 Å². The van der Waals surface area contributed by atoms with E-state index in [0.29, 0.717) is 6.04 Å². The standard InChI is InChI=1S/C20H34N4O3/c1-21-20(22-9-6-5-7-11-25-2)23-16-8-10-24(15-16)17-12-18(26-3)14-19(13-17)27-4/h12-14,16H,5-11,15H2,1-4H3,(H2,21,22,23). The number of hydrogen-bond acceptors (Lipinski definition) is 5. The monoisotopic (exact) mass is 378 g/mol. The first-order valence-corrected chi connectivity index (χ1v) is 9.64. The van der Waals surface area contributed by atoms with Crippen LogP contribution in [0.1, 0.15) is 25.7 Å². The van der Waals surface area contributed by atoms with Crippen molar-refractivity contribution in [3.05, 3.63) is 18.2 Å². The van der Waals surface area contributed by atoms with Crippen molar-refractivity contribution >= 4 is 11.6 Å². The minimum absolute atomic E-state index is 0.363. The molecule has 1 unspecified atom stereocenters. The smallest absolute Gasteiger partial charge is 0.191 e. The van der Waals surface area contributed by atoms with Gasteiger partial charge in [-0.3, -0.25) is 4.99 Å². The predicted molar refractivity (Wildman–Crippen MR) is 110 cm³/mol. The lowest BCUT2D eigenvalue weighted by atomic mass is 10.2. The molecule has 1 saturated heterocycles. The Morgan fingerprint density at radius 3 is 2.48 bits per heavy atom. The number of aliphatic imine (C=N–C) groups is 1. The number of nitrogens with zero attached hydrogens (tertiary/aromatic N) is 2. The summed E-state index contributed by atoms with van der Waals surface area (Å²) in [6.45, 7) is 3.67. The highest BCUT2D eigenvalue weighted by Gasteiger charge is 2.24. The summed E-state index contributed by atoms with van der Waals surface area (Å²) >= 11 is 0. The zero-order valence-corrected chi connectivity index (χ0v) is 17.1. The van der Waals surface area contributed by atoms with Gasteiger partial charge in [-0.05, 0) is 25.7 Å². The second-order valence-electron chi connectivity index (χ2n) is 6.70. The van der Waals surface area contributed by atoms with E-state index in [1.165, 1.54) is 0 Å². The third-order valence-electron chi connectivity index (χ3n) is 4.77. The number of guanidine groups is 1. The average molecular weight is 379 g/mol. The number of nitrogens with one attached hydrogen (secondary N) is 2. The Hall–Kier alpha value is -2.15. The van der Waals surface area contributed by atoms with E-state index >= 15 is 0 Å². The first-order valence-electron chi connectivity index (χ1n) is 9.64. The largest absolute Gasteiger partial charge is 0.497 e. The van der Waals surface area contributed by atoms with E-state index < -0.39 is 0 Å². The lowest BCUT2D eigenvalue weighted by Crippen LogP contribution is -2.44. The molecular weight excluding hydrogens is 344 g/mol. The molecule has 1 atom stereocenters. The summed E-state index contributed by atoms with van der Waals surface area (Å²) in [5, 5.41) is 6.94. The van der Waals surface area contributed by atoms with E-state index in [-0.39, 0.29) is 0 Å². The molecule has 152 valence electrons. The molecule has 0 radical (unpaired) electrons. The molecule has 1 aliphatic heterocycles. The molecule has 0 aromatic heterocycles. The molecule has 0 spiro atoms. The fourth-order valence-corrected chi connectivity index (χ4v) is 3.23. The van der Waals surface area contributed by atoms with Gasteiger partial charge in [0.2, 0.25) is 0 Å². The van der Waals surface area contributed by atoms with Gasteiger partial charge in [0.25, 0.3) is 0 Å². The summed E-state index contributed by atoms with van der Waals surface area (Å²) in [6.07, 6.45) is 4.44. The van der Waals surface area contributed by atoms with Gasteiger partial charge in [0.05, 0.1) is 14.2 Å². The zero-order valence-electron chi connectivity index (χ0n) is 17.1. The number of benzene rings is 1. The average Bonchev–Trinajstić information content (AvgIpc) is 3.17. The molecule has 2 N–H and O–H groups in total. The minimum Gasteiger partial charge on any atom is -0.497 e. The fraction of sp³-hybridized carbons (Fsp3) is 0.650. The van der Waals surface area contributed by atoms with Crippen LogP contribution in [-0.4, -0.2) is 66.6 Å². The fourth-order valence-electron chi connectivity index (χ4n) is 3.23. The maximum atomic E-state index is 5.39. The van der Waals surface area contributed by atoms with Crippen molar-refractivity contribution in [3.63, 3.8) is 0 Å². The van der Waals surface area contributed by atoms with Crippen LogP contribution in [0, 0.1) is 0 Å². The van der Waals surface area contributed by atoms with Crippen molar-refractivity contribution in [1.29, 1.82) is 0 Å². The quantitative estimate of drug-likeness (QED) is 0.370. The summed E-state index contributed by atoms with van der Waals surface area (Å²) in [7, 11) is 6.92. The van der Waals surface area contributed by atoms with E-state index in [4.69, 9.17) is 14.2 Å². The van der Waals surface area contributed by atoms with Crippen molar-refractivity contribution in [3.8, 4) is 11.5 Å². The number of methoxy groups -OCH3 is 3. The number of anilines is 1. The molecule has 1 fully saturated rings. The van der Waals surface area contributed by atoms with Gasteiger partial charge in [-0.1, -0.05) is 0 Å². The normalized spacial score (nSPS) is 17.1. The number of rotatable bonds is 10. The van der Waals surface area contributed by atoms with Crippen LogP contribution >= 0.6 is 0 Å². The topological polar surface area (TPSA) is 67.4 Å². The van der Waals surface area contributed by atoms with Gasteiger partial charge in [-0.15, -0.1) is 0 Å². The highest BCUT2D eigenvalue weighted by molar-refractivity contribution is 5.80. The third-order valence-corrected chi connectivity index (χ3v) is 4.77. The summed E-state index contributed by atoms with van der Waals surface area (Å²) in [4.78, 5) is 6.70. The van der Waals surface area contributed by atoms with E-state index in [2.05, 4.69) is 32.7 Å². The molecule has 7 nitrogen and oxygen atoms in total. The highest BCUT2D eigenvalue weighted by Crippen LogP contribution is 2.30. The summed E-state index contributed by atoms with van der Waals surface area (Å²) in [5.74, 6) is 2.50. The SMILES string of the molecule is CN=C(NCCCCCOC)NC1CCN(c2cc(OC)cc(OC)c2)C1. The van der Waals surface area contributed by atoms with Crippen molar-refractivity contribution in [2.24, 2.45) is 4.99 Å². The molecule has 0 amide bonds. The Labute approximate surface area is 163 Å². The van der Waals surface area contributed by atoms with Gasteiger partial charge in [-0.2, -0.15) is 0 Å². The molecule has 0 bridgehead atoms. The van der Waals surface area contributed by atoms with Gasteiger partial charge < -0.3 is 29.7 Å². The Morgan fingerprint density at radius 1 is 1.11 bits per heavy atom. The van der Waals surface area contributed by atoms with Crippen LogP contribution in [0.15, 0.2) is 23.2 Å². The Balaban J connectivity index is 1.81. The number of unbranched alkanes of at least 4 members (excludes halogenated alkanes) is 2. The van der Waals surface area contributed by atoms with Gasteiger partial charge >= 0.3 is 0 Å². The molecule has 1 heterocycles. The maximum Gasteiger partial charge on any atom is 0.191 e. The van der Waals surface area contributed by atoms with Gasteiger partial charge in [0.1, 0.15) is 11.5 Å². The molecule has 1 aromatic rings. The minimum atomic E-state index is 0.363. The second kappa shape index (κ2) is 11.5. The molecule has 0 saturated carbocycles. The molecule has 27 heavy (non-hydrogen) atoms. The summed E-state index contributed by atoms with van der Waals surface area (Å²) < 4.78 is 15.8. The highest BCUT2D eigenvalue weighted by atomic mass is 16.5. The van der Waals surface area contributed by atoms with Crippen LogP contribution in [0.5, 0.6) is 11.5 Å². The molecule has 7 heteroatoms. The summed E-state index contributed by atoms with van der Waals surface area (Å²) in [5.41, 5.74) is 1.12. The van der Waals surface area contributed by atoms with Crippen molar-refractivity contribution in [1.82, 2.24) is 10.6 Å². The first-order chi connectivity index (χ1) is 13.2. The van der Waals surface area contributed by atoms with Crippen LogP contribution in [0.4, 0.5) is 5.69 Å². The van der Waals surface area contributed by atoms with Crippen LogP contribution in [0.2, 0.25) is 0 Å². The van der Waals surface area contributed by atoms with E-state index in [9.17, 15) is 0 Å². The molecule has 2 rings (SSSR count). The number of ether oxygens (including phenoxy) is 3. The molecule has 0 aliphatic carbocycles. The van der Waals surface area contributed by atoms with E-state index in [1.807, 2.05) is 13.1 Å². The second-order valence-corrected chi connectivity index (χ2v) is 6.70. The first kappa shape index (κ1) is 21.2. The Morgan fingerprint density at radius 2 is 1.85 bits per heavy atom. The molecular formula is C20H34N4O3. The third kappa shape index (κ3) is 6.82. The van der Waals surface area contributed by atoms with Gasteiger partial charge in [0.15, 0.2) is 5.96 Å². The summed E-state index contributed by atoms with van der Waals surface area (Å²) in [6, 6.07) is 6.37. The van der Waals surface area contributed by atoms with Crippen molar-refractivity contribution in [2.45, 2.75) is 31.7 Å². The molecule has 1 aliphatic rings. The lowest BCUT2D eigenvalue weighted by Gasteiger charge is -2.21. The van der Waals surface area contributed by atoms with Crippen molar-refractivity contribution in [2.75, 3.05) is 59.5 Å². The van der Waals surface area contributed by atoms with E-state index in [0.717, 1.165) is 75.1 Å². The van der Waals surface area contributed by atoms with Crippen molar-refractivity contribution < 1.29 is 14.2 Å². The van der Waals surface area contributed by atoms with Crippen LogP contribution in [-0.2, 0) is 4.74 Å².